The second-order valence-electron chi connectivity index (χ2n) is 6.05. The Morgan fingerprint density at radius 1 is 0.964 bits per heavy atom. The van der Waals surface area contributed by atoms with Crippen LogP contribution in [0.3, 0.4) is 0 Å². The van der Waals surface area contributed by atoms with Crippen LogP contribution in [0.1, 0.15) is 21.9 Å². The van der Waals surface area contributed by atoms with E-state index in [1.807, 2.05) is 30.3 Å². The summed E-state index contributed by atoms with van der Waals surface area (Å²) in [5, 5.41) is 8.50. The SMILES string of the molecule is O=C(NCc1nn(Cc2ccccn2)c(=O)c2ccccc12)c1cnccn1. The molecular weight excluding hydrogens is 356 g/mol. The molecule has 4 aromatic rings. The van der Waals surface area contributed by atoms with E-state index in [9.17, 15) is 9.59 Å². The number of amides is 1. The molecule has 3 heterocycles. The molecule has 0 aliphatic rings. The van der Waals surface area contributed by atoms with Gasteiger partial charge in [-0.3, -0.25) is 19.6 Å². The van der Waals surface area contributed by atoms with Gasteiger partial charge in [0, 0.05) is 24.0 Å². The molecule has 0 aliphatic carbocycles. The first kappa shape index (κ1) is 17.5. The fraction of sp³-hybridized carbons (Fsp3) is 0.100. The fourth-order valence-corrected chi connectivity index (χ4v) is 2.86. The molecular formula is C20H16N6O2. The molecule has 0 saturated heterocycles. The van der Waals surface area contributed by atoms with E-state index in [0.717, 1.165) is 5.69 Å². The standard InChI is InChI=1S/C20H16N6O2/c27-19(18-11-21-9-10-23-18)24-12-17-15-6-1-2-7-16(15)20(28)26(25-17)13-14-5-3-4-8-22-14/h1-11H,12-13H2,(H,24,27). The summed E-state index contributed by atoms with van der Waals surface area (Å²) < 4.78 is 1.37. The summed E-state index contributed by atoms with van der Waals surface area (Å²) in [4.78, 5) is 37.2. The first-order chi connectivity index (χ1) is 13.7. The highest BCUT2D eigenvalue weighted by atomic mass is 16.2. The van der Waals surface area contributed by atoms with Crippen LogP contribution in [0.2, 0.25) is 0 Å². The van der Waals surface area contributed by atoms with E-state index in [2.05, 4.69) is 25.4 Å². The summed E-state index contributed by atoms with van der Waals surface area (Å²) in [6, 6.07) is 12.7. The maximum absolute atomic E-state index is 12.8. The molecule has 0 bridgehead atoms. The highest BCUT2D eigenvalue weighted by molar-refractivity contribution is 5.92. The number of nitrogens with one attached hydrogen (secondary N) is 1. The number of carbonyl (C=O) groups is 1. The number of carbonyl (C=O) groups excluding carboxylic acids is 1. The van der Waals surface area contributed by atoms with Gasteiger partial charge in [0.25, 0.3) is 11.5 Å². The Morgan fingerprint density at radius 3 is 2.54 bits per heavy atom. The molecule has 8 heteroatoms. The molecule has 0 spiro atoms. The molecule has 138 valence electrons. The largest absolute Gasteiger partial charge is 0.345 e. The highest BCUT2D eigenvalue weighted by Crippen LogP contribution is 2.13. The lowest BCUT2D eigenvalue weighted by molar-refractivity contribution is 0.0945. The van der Waals surface area contributed by atoms with E-state index < -0.39 is 0 Å². The van der Waals surface area contributed by atoms with E-state index >= 15 is 0 Å². The van der Waals surface area contributed by atoms with Crippen LogP contribution in [-0.4, -0.2) is 30.6 Å². The highest BCUT2D eigenvalue weighted by Gasteiger charge is 2.13. The Bertz CT molecular complexity index is 1180. The van der Waals surface area contributed by atoms with Crippen molar-refractivity contribution in [3.8, 4) is 0 Å². The summed E-state index contributed by atoms with van der Waals surface area (Å²) in [6.45, 7) is 0.397. The first-order valence-electron chi connectivity index (χ1n) is 8.65. The molecule has 0 atom stereocenters. The van der Waals surface area contributed by atoms with Gasteiger partial charge in [-0.1, -0.05) is 24.3 Å². The number of aromatic nitrogens is 5. The van der Waals surface area contributed by atoms with Crippen molar-refractivity contribution in [2.75, 3.05) is 0 Å². The number of benzene rings is 1. The lowest BCUT2D eigenvalue weighted by Crippen LogP contribution is -2.29. The minimum absolute atomic E-state index is 0.151. The van der Waals surface area contributed by atoms with E-state index in [1.165, 1.54) is 23.3 Å². The summed E-state index contributed by atoms with van der Waals surface area (Å²) in [7, 11) is 0. The average Bonchev–Trinajstić information content (AvgIpc) is 2.76. The van der Waals surface area contributed by atoms with Crippen molar-refractivity contribution >= 4 is 16.7 Å². The van der Waals surface area contributed by atoms with Crippen LogP contribution >= 0.6 is 0 Å². The van der Waals surface area contributed by atoms with Gasteiger partial charge in [0.2, 0.25) is 0 Å². The molecule has 0 saturated carbocycles. The second kappa shape index (κ2) is 7.75. The van der Waals surface area contributed by atoms with E-state index in [-0.39, 0.29) is 30.2 Å². The smallest absolute Gasteiger partial charge is 0.275 e. The summed E-state index contributed by atoms with van der Waals surface area (Å²) in [5.41, 5.74) is 1.32. The minimum atomic E-state index is -0.360. The Morgan fingerprint density at radius 2 is 1.79 bits per heavy atom. The van der Waals surface area contributed by atoms with Gasteiger partial charge in [-0.25, -0.2) is 9.67 Å². The van der Waals surface area contributed by atoms with Crippen molar-refractivity contribution in [3.05, 3.63) is 94.7 Å². The number of rotatable bonds is 5. The first-order valence-corrected chi connectivity index (χ1v) is 8.65. The predicted octanol–water partition coefficient (Wildman–Crippen LogP) is 1.56. The summed E-state index contributed by atoms with van der Waals surface area (Å²) >= 11 is 0. The Labute approximate surface area is 159 Å². The van der Waals surface area contributed by atoms with Crippen LogP contribution in [0.5, 0.6) is 0 Å². The van der Waals surface area contributed by atoms with Gasteiger partial charge in [0.1, 0.15) is 5.69 Å². The van der Waals surface area contributed by atoms with Crippen molar-refractivity contribution < 1.29 is 4.79 Å². The molecule has 4 rings (SSSR count). The molecule has 1 N–H and O–H groups in total. The molecule has 1 amide bonds. The Hall–Kier alpha value is -3.94. The maximum atomic E-state index is 12.8. The van der Waals surface area contributed by atoms with Gasteiger partial charge in [0.15, 0.2) is 0 Å². The monoisotopic (exact) mass is 372 g/mol. The molecule has 3 aromatic heterocycles. The number of pyridine rings is 1. The van der Waals surface area contributed by atoms with Crippen LogP contribution in [0.25, 0.3) is 10.8 Å². The van der Waals surface area contributed by atoms with Crippen LogP contribution in [0, 0.1) is 0 Å². The van der Waals surface area contributed by atoms with Crippen LogP contribution in [0.4, 0.5) is 0 Å². The molecule has 8 nitrogen and oxygen atoms in total. The van der Waals surface area contributed by atoms with Crippen LogP contribution < -0.4 is 10.9 Å². The zero-order chi connectivity index (χ0) is 19.3. The maximum Gasteiger partial charge on any atom is 0.275 e. The Kier molecular flexibility index (Phi) is 4.83. The normalized spacial score (nSPS) is 10.7. The number of hydrogen-bond donors (Lipinski definition) is 1. The van der Waals surface area contributed by atoms with Crippen molar-refractivity contribution in [2.45, 2.75) is 13.1 Å². The van der Waals surface area contributed by atoms with Gasteiger partial charge in [-0.2, -0.15) is 5.10 Å². The number of nitrogens with zero attached hydrogens (tertiary/aromatic N) is 5. The topological polar surface area (TPSA) is 103 Å². The van der Waals surface area contributed by atoms with E-state index in [0.29, 0.717) is 16.5 Å². The second-order valence-corrected chi connectivity index (χ2v) is 6.05. The van der Waals surface area contributed by atoms with Crippen molar-refractivity contribution in [1.29, 1.82) is 0 Å². The minimum Gasteiger partial charge on any atom is -0.345 e. The third-order valence-electron chi connectivity index (χ3n) is 4.19. The average molecular weight is 372 g/mol. The van der Waals surface area contributed by atoms with Gasteiger partial charge >= 0.3 is 0 Å². The van der Waals surface area contributed by atoms with E-state index in [1.54, 1.807) is 18.3 Å². The van der Waals surface area contributed by atoms with Crippen LogP contribution in [-0.2, 0) is 13.1 Å². The Balaban J connectivity index is 1.68. The van der Waals surface area contributed by atoms with Gasteiger partial charge in [-0.15, -0.1) is 0 Å². The molecule has 0 fully saturated rings. The quantitative estimate of drug-likeness (QED) is 0.570. The fourth-order valence-electron chi connectivity index (χ4n) is 2.86. The lowest BCUT2D eigenvalue weighted by atomic mass is 10.1. The molecule has 0 aliphatic heterocycles. The molecule has 1 aromatic carbocycles. The van der Waals surface area contributed by atoms with E-state index in [4.69, 9.17) is 0 Å². The number of hydrogen-bond acceptors (Lipinski definition) is 6. The van der Waals surface area contributed by atoms with Gasteiger partial charge < -0.3 is 5.32 Å². The third-order valence-corrected chi connectivity index (χ3v) is 4.19. The van der Waals surface area contributed by atoms with Crippen molar-refractivity contribution in [2.24, 2.45) is 0 Å². The molecule has 0 radical (unpaired) electrons. The van der Waals surface area contributed by atoms with Gasteiger partial charge in [-0.05, 0) is 18.2 Å². The zero-order valence-corrected chi connectivity index (χ0v) is 14.8. The third kappa shape index (κ3) is 3.61. The molecule has 28 heavy (non-hydrogen) atoms. The zero-order valence-electron chi connectivity index (χ0n) is 14.8. The van der Waals surface area contributed by atoms with Gasteiger partial charge in [0.05, 0.1) is 36.1 Å². The summed E-state index contributed by atoms with van der Waals surface area (Å²) in [5.74, 6) is -0.360. The summed E-state index contributed by atoms with van der Waals surface area (Å²) in [6.07, 6.45) is 6.02. The lowest BCUT2D eigenvalue weighted by Gasteiger charge is -2.11. The van der Waals surface area contributed by atoms with Crippen LogP contribution in [0.15, 0.2) is 72.0 Å². The predicted molar refractivity (Wildman–Crippen MR) is 103 cm³/mol. The number of fused-ring (bicyclic) bond motifs is 1. The molecule has 0 unspecified atom stereocenters. The van der Waals surface area contributed by atoms with Crippen molar-refractivity contribution in [1.82, 2.24) is 30.0 Å². The van der Waals surface area contributed by atoms with Crippen molar-refractivity contribution in [3.63, 3.8) is 0 Å².